The van der Waals surface area contributed by atoms with Crippen LogP contribution in [0.25, 0.3) is 0 Å². The van der Waals surface area contributed by atoms with Gasteiger partial charge in [-0.2, -0.15) is 0 Å². The predicted octanol–water partition coefficient (Wildman–Crippen LogP) is 4.83. The summed E-state index contributed by atoms with van der Waals surface area (Å²) < 4.78 is 6.07. The molecule has 0 heterocycles. The van der Waals surface area contributed by atoms with Gasteiger partial charge in [-0.3, -0.25) is 0 Å². The highest BCUT2D eigenvalue weighted by atomic mass is 35.5. The first-order chi connectivity index (χ1) is 9.28. The lowest BCUT2D eigenvalue weighted by molar-refractivity contribution is 0.0418. The Kier molecular flexibility index (Phi) is 7.01. The van der Waals surface area contributed by atoms with Crippen LogP contribution in [0.4, 0.5) is 0 Å². The Morgan fingerprint density at radius 1 is 1.25 bits per heavy atom. The van der Waals surface area contributed by atoms with Crippen LogP contribution < -0.4 is 5.32 Å². The Hall–Kier alpha value is -0.570. The van der Waals surface area contributed by atoms with Crippen LogP contribution in [0.1, 0.15) is 52.7 Å². The molecule has 20 heavy (non-hydrogen) atoms. The molecule has 1 aromatic rings. The van der Waals surface area contributed by atoms with Crippen molar-refractivity contribution in [2.75, 3.05) is 13.2 Å². The van der Waals surface area contributed by atoms with E-state index in [-0.39, 0.29) is 11.6 Å². The van der Waals surface area contributed by atoms with Gasteiger partial charge in [-0.05, 0) is 50.8 Å². The van der Waals surface area contributed by atoms with Crippen LogP contribution in [0.3, 0.4) is 0 Å². The predicted molar refractivity (Wildman–Crippen MR) is 87.4 cm³/mol. The minimum absolute atomic E-state index is 0.0478. The lowest BCUT2D eigenvalue weighted by Gasteiger charge is -2.26. The minimum Gasteiger partial charge on any atom is -0.372 e. The molecule has 1 atom stereocenters. The monoisotopic (exact) mass is 297 g/mol. The molecule has 1 aromatic carbocycles. The molecule has 0 amide bonds. The van der Waals surface area contributed by atoms with Gasteiger partial charge in [0.1, 0.15) is 0 Å². The summed E-state index contributed by atoms with van der Waals surface area (Å²) in [6, 6.07) is 7.95. The van der Waals surface area contributed by atoms with Crippen LogP contribution in [-0.4, -0.2) is 18.7 Å². The Bertz CT molecular complexity index is 398. The number of benzene rings is 1. The van der Waals surface area contributed by atoms with Gasteiger partial charge in [-0.1, -0.05) is 37.6 Å². The van der Waals surface area contributed by atoms with E-state index < -0.39 is 0 Å². The van der Waals surface area contributed by atoms with Crippen molar-refractivity contribution in [3.05, 3.63) is 34.9 Å². The minimum atomic E-state index is 0.0478. The lowest BCUT2D eigenvalue weighted by atomic mass is 10.1. The highest BCUT2D eigenvalue weighted by Crippen LogP contribution is 2.22. The van der Waals surface area contributed by atoms with Crippen molar-refractivity contribution in [1.82, 2.24) is 5.32 Å². The topological polar surface area (TPSA) is 21.3 Å². The maximum absolute atomic E-state index is 6.09. The standard InChI is InChI=1S/C17H28ClNO/c1-13(2)9-10-20-16(12-19-17(3,4)5)14-7-6-8-15(18)11-14/h6-8,11,13,16,19H,9-10,12H2,1-5H3. The number of nitrogens with one attached hydrogen (secondary N) is 1. The normalized spacial score (nSPS) is 13.8. The number of halogens is 1. The van der Waals surface area contributed by atoms with Crippen molar-refractivity contribution in [3.8, 4) is 0 Å². The Morgan fingerprint density at radius 3 is 2.50 bits per heavy atom. The third kappa shape index (κ3) is 7.28. The highest BCUT2D eigenvalue weighted by Gasteiger charge is 2.16. The molecule has 0 aliphatic carbocycles. The van der Waals surface area contributed by atoms with Gasteiger partial charge in [0, 0.05) is 23.7 Å². The first-order valence-electron chi connectivity index (χ1n) is 7.40. The van der Waals surface area contributed by atoms with E-state index in [2.05, 4.69) is 46.0 Å². The molecule has 114 valence electrons. The molecule has 3 heteroatoms. The lowest BCUT2D eigenvalue weighted by Crippen LogP contribution is -2.39. The maximum Gasteiger partial charge on any atom is 0.0949 e. The van der Waals surface area contributed by atoms with Gasteiger partial charge in [-0.25, -0.2) is 0 Å². The average Bonchev–Trinajstić information content (AvgIpc) is 2.31. The van der Waals surface area contributed by atoms with E-state index >= 15 is 0 Å². The van der Waals surface area contributed by atoms with Gasteiger partial charge in [0.25, 0.3) is 0 Å². The second-order valence-corrected chi connectivity index (χ2v) is 7.16. The summed E-state index contributed by atoms with van der Waals surface area (Å²) >= 11 is 6.09. The zero-order chi connectivity index (χ0) is 15.2. The Morgan fingerprint density at radius 2 is 1.95 bits per heavy atom. The average molecular weight is 298 g/mol. The first-order valence-corrected chi connectivity index (χ1v) is 7.78. The summed E-state index contributed by atoms with van der Waals surface area (Å²) in [7, 11) is 0. The van der Waals surface area contributed by atoms with Crippen LogP contribution in [0.2, 0.25) is 5.02 Å². The summed E-state index contributed by atoms with van der Waals surface area (Å²) in [6.45, 7) is 12.5. The summed E-state index contributed by atoms with van der Waals surface area (Å²) in [4.78, 5) is 0. The maximum atomic E-state index is 6.09. The van der Waals surface area contributed by atoms with Crippen molar-refractivity contribution in [2.45, 2.75) is 52.7 Å². The molecular formula is C17H28ClNO. The number of ether oxygens (including phenoxy) is 1. The largest absolute Gasteiger partial charge is 0.372 e. The second-order valence-electron chi connectivity index (χ2n) is 6.73. The fourth-order valence-corrected chi connectivity index (χ4v) is 2.02. The molecule has 0 saturated heterocycles. The fourth-order valence-electron chi connectivity index (χ4n) is 1.82. The SMILES string of the molecule is CC(C)CCOC(CNC(C)(C)C)c1cccc(Cl)c1. The van der Waals surface area contributed by atoms with Gasteiger partial charge < -0.3 is 10.1 Å². The molecule has 0 aliphatic rings. The van der Waals surface area contributed by atoms with E-state index in [0.29, 0.717) is 5.92 Å². The van der Waals surface area contributed by atoms with Crippen molar-refractivity contribution < 1.29 is 4.74 Å². The molecule has 0 saturated carbocycles. The Labute approximate surface area is 128 Å². The summed E-state index contributed by atoms with van der Waals surface area (Å²) in [5.41, 5.74) is 1.22. The van der Waals surface area contributed by atoms with E-state index in [1.807, 2.05) is 18.2 Å². The third-order valence-corrected chi connectivity index (χ3v) is 3.29. The number of rotatable bonds is 7. The van der Waals surface area contributed by atoms with Crippen molar-refractivity contribution >= 4 is 11.6 Å². The smallest absolute Gasteiger partial charge is 0.0949 e. The molecule has 0 aliphatic heterocycles. The van der Waals surface area contributed by atoms with Gasteiger partial charge >= 0.3 is 0 Å². The van der Waals surface area contributed by atoms with E-state index in [1.54, 1.807) is 0 Å². The van der Waals surface area contributed by atoms with E-state index in [4.69, 9.17) is 16.3 Å². The fraction of sp³-hybridized carbons (Fsp3) is 0.647. The summed E-state index contributed by atoms with van der Waals surface area (Å²) in [5, 5.41) is 4.27. The van der Waals surface area contributed by atoms with Crippen LogP contribution in [-0.2, 0) is 4.74 Å². The van der Waals surface area contributed by atoms with Gasteiger partial charge in [0.2, 0.25) is 0 Å². The molecule has 1 N–H and O–H groups in total. The van der Waals surface area contributed by atoms with E-state index in [0.717, 1.165) is 30.2 Å². The zero-order valence-corrected chi connectivity index (χ0v) is 14.1. The Balaban J connectivity index is 2.68. The van der Waals surface area contributed by atoms with Crippen molar-refractivity contribution in [3.63, 3.8) is 0 Å². The highest BCUT2D eigenvalue weighted by molar-refractivity contribution is 6.30. The molecule has 2 nitrogen and oxygen atoms in total. The van der Waals surface area contributed by atoms with Crippen LogP contribution in [0.15, 0.2) is 24.3 Å². The molecule has 0 fully saturated rings. The second kappa shape index (κ2) is 8.02. The number of hydrogen-bond acceptors (Lipinski definition) is 2. The van der Waals surface area contributed by atoms with Crippen molar-refractivity contribution in [1.29, 1.82) is 0 Å². The van der Waals surface area contributed by atoms with Crippen LogP contribution >= 0.6 is 11.6 Å². The summed E-state index contributed by atoms with van der Waals surface area (Å²) in [6.07, 6.45) is 1.12. The molecular weight excluding hydrogens is 270 g/mol. The third-order valence-electron chi connectivity index (χ3n) is 3.05. The molecule has 0 aromatic heterocycles. The quantitative estimate of drug-likeness (QED) is 0.778. The zero-order valence-electron chi connectivity index (χ0n) is 13.4. The molecule has 0 bridgehead atoms. The summed E-state index contributed by atoms with van der Waals surface area (Å²) in [5.74, 6) is 0.658. The van der Waals surface area contributed by atoms with Crippen LogP contribution in [0, 0.1) is 5.92 Å². The van der Waals surface area contributed by atoms with E-state index in [1.165, 1.54) is 0 Å². The van der Waals surface area contributed by atoms with E-state index in [9.17, 15) is 0 Å². The van der Waals surface area contributed by atoms with Gasteiger partial charge in [0.15, 0.2) is 0 Å². The molecule has 1 rings (SSSR count). The number of hydrogen-bond donors (Lipinski definition) is 1. The van der Waals surface area contributed by atoms with Gasteiger partial charge in [-0.15, -0.1) is 0 Å². The molecule has 0 radical (unpaired) electrons. The van der Waals surface area contributed by atoms with Crippen LogP contribution in [0.5, 0.6) is 0 Å². The first kappa shape index (κ1) is 17.5. The van der Waals surface area contributed by atoms with Crippen molar-refractivity contribution in [2.24, 2.45) is 5.92 Å². The molecule has 0 spiro atoms. The van der Waals surface area contributed by atoms with Gasteiger partial charge in [0.05, 0.1) is 6.10 Å². The molecule has 1 unspecified atom stereocenters.